The third-order valence-electron chi connectivity index (χ3n) is 5.35. The van der Waals surface area contributed by atoms with Crippen LogP contribution in [0.4, 0.5) is 0 Å². The van der Waals surface area contributed by atoms with E-state index in [9.17, 15) is 0 Å². The zero-order valence-electron chi connectivity index (χ0n) is 18.0. The maximum absolute atomic E-state index is 5.71. The Kier molecular flexibility index (Phi) is 7.95. The number of nitrogens with one attached hydrogen (secondary N) is 2. The monoisotopic (exact) mass is 414 g/mol. The highest BCUT2D eigenvalue weighted by molar-refractivity contribution is 7.10. The first-order valence-corrected chi connectivity index (χ1v) is 11.4. The molecule has 2 N–H and O–H groups in total. The van der Waals surface area contributed by atoms with Crippen molar-refractivity contribution < 1.29 is 4.74 Å². The molecule has 6 heteroatoms. The summed E-state index contributed by atoms with van der Waals surface area (Å²) < 4.78 is 5.71. The van der Waals surface area contributed by atoms with E-state index in [1.54, 1.807) is 0 Å². The highest BCUT2D eigenvalue weighted by atomic mass is 32.1. The van der Waals surface area contributed by atoms with Crippen molar-refractivity contribution in [3.63, 3.8) is 0 Å². The lowest BCUT2D eigenvalue weighted by molar-refractivity contribution is 0.125. The van der Waals surface area contributed by atoms with Gasteiger partial charge in [0.15, 0.2) is 5.96 Å². The molecule has 1 fully saturated rings. The molecule has 2 heterocycles. The average Bonchev–Trinajstić information content (AvgIpc) is 3.23. The zero-order valence-corrected chi connectivity index (χ0v) is 18.8. The van der Waals surface area contributed by atoms with Crippen LogP contribution in [0.25, 0.3) is 0 Å². The molecule has 1 aromatic heterocycles. The van der Waals surface area contributed by atoms with Gasteiger partial charge in [-0.2, -0.15) is 0 Å². The molecule has 2 unspecified atom stereocenters. The number of hydrogen-bond donors (Lipinski definition) is 2. The Hall–Kier alpha value is -2.05. The zero-order chi connectivity index (χ0) is 20.6. The molecule has 1 aliphatic heterocycles. The third-order valence-corrected chi connectivity index (χ3v) is 6.30. The van der Waals surface area contributed by atoms with Crippen LogP contribution in [0.3, 0.4) is 0 Å². The molecule has 158 valence electrons. The van der Waals surface area contributed by atoms with Crippen LogP contribution in [-0.2, 0) is 6.54 Å². The SMILES string of the molecule is CN=C(NCc1ccc(OC(C)C)cc1)NCC1CCCN(C)C1c1cccs1. The van der Waals surface area contributed by atoms with Crippen LogP contribution >= 0.6 is 11.3 Å². The van der Waals surface area contributed by atoms with Gasteiger partial charge in [0.1, 0.15) is 5.75 Å². The molecule has 0 amide bonds. The van der Waals surface area contributed by atoms with Crippen molar-refractivity contribution >= 4 is 17.3 Å². The Morgan fingerprint density at radius 2 is 2.03 bits per heavy atom. The summed E-state index contributed by atoms with van der Waals surface area (Å²) >= 11 is 1.86. The van der Waals surface area contributed by atoms with Crippen LogP contribution in [0.15, 0.2) is 46.8 Å². The van der Waals surface area contributed by atoms with Crippen LogP contribution in [0, 0.1) is 5.92 Å². The standard InChI is InChI=1S/C23H34N4OS/c1-17(2)28-20-11-9-18(10-12-20)15-25-23(24-3)26-16-19-7-5-13-27(4)22(19)21-8-6-14-29-21/h6,8-12,14,17,19,22H,5,7,13,15-16H2,1-4H3,(H2,24,25,26). The molecule has 1 aliphatic rings. The summed E-state index contributed by atoms with van der Waals surface area (Å²) in [5, 5.41) is 9.17. The Balaban J connectivity index is 1.52. The van der Waals surface area contributed by atoms with Gasteiger partial charge in [-0.15, -0.1) is 11.3 Å². The van der Waals surface area contributed by atoms with Gasteiger partial charge in [-0.3, -0.25) is 9.89 Å². The van der Waals surface area contributed by atoms with Crippen LogP contribution < -0.4 is 15.4 Å². The average molecular weight is 415 g/mol. The number of rotatable bonds is 7. The number of ether oxygens (including phenoxy) is 1. The van der Waals surface area contributed by atoms with E-state index in [0.29, 0.717) is 12.0 Å². The summed E-state index contributed by atoms with van der Waals surface area (Å²) in [7, 11) is 4.08. The molecule has 0 saturated carbocycles. The number of piperidine rings is 1. The maximum atomic E-state index is 5.71. The molecule has 2 aromatic rings. The van der Waals surface area contributed by atoms with Crippen molar-refractivity contribution in [2.45, 2.75) is 45.4 Å². The first-order valence-electron chi connectivity index (χ1n) is 10.5. The smallest absolute Gasteiger partial charge is 0.191 e. The second-order valence-corrected chi connectivity index (χ2v) is 8.94. The Morgan fingerprint density at radius 1 is 1.24 bits per heavy atom. The van der Waals surface area contributed by atoms with Crippen LogP contribution in [0.1, 0.15) is 43.2 Å². The van der Waals surface area contributed by atoms with Crippen molar-refractivity contribution in [1.29, 1.82) is 0 Å². The lowest BCUT2D eigenvalue weighted by Crippen LogP contribution is -2.44. The maximum Gasteiger partial charge on any atom is 0.191 e. The highest BCUT2D eigenvalue weighted by Crippen LogP contribution is 2.36. The summed E-state index contributed by atoms with van der Waals surface area (Å²) in [6.07, 6.45) is 2.69. The van der Waals surface area contributed by atoms with E-state index in [4.69, 9.17) is 4.74 Å². The van der Waals surface area contributed by atoms with Crippen LogP contribution in [-0.4, -0.2) is 44.1 Å². The summed E-state index contributed by atoms with van der Waals surface area (Å²) in [5.41, 5.74) is 1.21. The fourth-order valence-corrected chi connectivity index (χ4v) is 4.96. The molecule has 0 radical (unpaired) electrons. The quantitative estimate of drug-likeness (QED) is 0.524. The van der Waals surface area contributed by atoms with Crippen LogP contribution in [0.2, 0.25) is 0 Å². The normalized spacial score (nSPS) is 20.7. The van der Waals surface area contributed by atoms with E-state index < -0.39 is 0 Å². The minimum absolute atomic E-state index is 0.193. The van der Waals surface area contributed by atoms with Gasteiger partial charge in [0.2, 0.25) is 0 Å². The summed E-state index contributed by atoms with van der Waals surface area (Å²) in [4.78, 5) is 8.37. The largest absolute Gasteiger partial charge is 0.491 e. The van der Waals surface area contributed by atoms with Crippen molar-refractivity contribution in [3.05, 3.63) is 52.2 Å². The van der Waals surface area contributed by atoms with Gasteiger partial charge in [0, 0.05) is 31.1 Å². The second-order valence-electron chi connectivity index (χ2n) is 7.96. The lowest BCUT2D eigenvalue weighted by Gasteiger charge is -2.39. The number of nitrogens with zero attached hydrogens (tertiary/aromatic N) is 2. The predicted molar refractivity (Wildman–Crippen MR) is 123 cm³/mol. The number of thiophene rings is 1. The number of aliphatic imine (C=N–C) groups is 1. The van der Waals surface area contributed by atoms with E-state index in [2.05, 4.69) is 57.2 Å². The summed E-state index contributed by atoms with van der Waals surface area (Å²) in [6.45, 7) is 6.91. The highest BCUT2D eigenvalue weighted by Gasteiger charge is 2.31. The van der Waals surface area contributed by atoms with Gasteiger partial charge >= 0.3 is 0 Å². The second kappa shape index (κ2) is 10.6. The molecule has 5 nitrogen and oxygen atoms in total. The number of benzene rings is 1. The molecule has 3 rings (SSSR count). The minimum Gasteiger partial charge on any atom is -0.491 e. The van der Waals surface area contributed by atoms with Gasteiger partial charge in [0.25, 0.3) is 0 Å². The van der Waals surface area contributed by atoms with Gasteiger partial charge < -0.3 is 15.4 Å². The number of likely N-dealkylation sites (tertiary alicyclic amines) is 1. The van der Waals surface area contributed by atoms with Gasteiger partial charge in [0.05, 0.1) is 6.10 Å². The molecule has 0 spiro atoms. The van der Waals surface area contributed by atoms with E-state index in [1.807, 2.05) is 44.4 Å². The van der Waals surface area contributed by atoms with E-state index in [1.165, 1.54) is 29.8 Å². The van der Waals surface area contributed by atoms with E-state index in [-0.39, 0.29) is 6.10 Å². The first kappa shape index (κ1) is 21.7. The van der Waals surface area contributed by atoms with Gasteiger partial charge in [-0.05, 0) is 75.3 Å². The molecular weight excluding hydrogens is 380 g/mol. The van der Waals surface area contributed by atoms with Crippen molar-refractivity contribution in [2.75, 3.05) is 27.2 Å². The fourth-order valence-electron chi connectivity index (χ4n) is 3.97. The van der Waals surface area contributed by atoms with Crippen molar-refractivity contribution in [3.8, 4) is 5.75 Å². The topological polar surface area (TPSA) is 48.9 Å². The molecular formula is C23H34N4OS. The Bertz CT molecular complexity index is 758. The minimum atomic E-state index is 0.193. The molecule has 1 aromatic carbocycles. The first-order chi connectivity index (χ1) is 14.1. The lowest BCUT2D eigenvalue weighted by atomic mass is 9.88. The molecule has 0 bridgehead atoms. The van der Waals surface area contributed by atoms with E-state index >= 15 is 0 Å². The Labute approximate surface area is 179 Å². The van der Waals surface area contributed by atoms with Crippen molar-refractivity contribution in [2.24, 2.45) is 10.9 Å². The Morgan fingerprint density at radius 3 is 2.69 bits per heavy atom. The summed E-state index contributed by atoms with van der Waals surface area (Å²) in [6, 6.07) is 13.2. The van der Waals surface area contributed by atoms with E-state index in [0.717, 1.165) is 24.8 Å². The molecule has 1 saturated heterocycles. The fraction of sp³-hybridized carbons (Fsp3) is 0.522. The van der Waals surface area contributed by atoms with Crippen molar-refractivity contribution in [1.82, 2.24) is 15.5 Å². The van der Waals surface area contributed by atoms with Crippen LogP contribution in [0.5, 0.6) is 5.75 Å². The number of hydrogen-bond acceptors (Lipinski definition) is 4. The third kappa shape index (κ3) is 6.21. The summed E-state index contributed by atoms with van der Waals surface area (Å²) in [5.74, 6) is 2.34. The predicted octanol–water partition coefficient (Wildman–Crippen LogP) is 4.28. The van der Waals surface area contributed by atoms with Gasteiger partial charge in [-0.1, -0.05) is 18.2 Å². The molecule has 0 aliphatic carbocycles. The molecule has 29 heavy (non-hydrogen) atoms. The molecule has 2 atom stereocenters. The number of guanidine groups is 1. The van der Waals surface area contributed by atoms with Gasteiger partial charge in [-0.25, -0.2) is 0 Å².